The molecule has 3 rings (SSSR count). The Hall–Kier alpha value is -1.88. The van der Waals surface area contributed by atoms with Crippen molar-refractivity contribution >= 4 is 16.6 Å². The van der Waals surface area contributed by atoms with Crippen LogP contribution in [0.4, 0.5) is 5.69 Å². The van der Waals surface area contributed by atoms with Crippen LogP contribution in [0, 0.1) is 16.0 Å². The Labute approximate surface area is 112 Å². The molecule has 1 aliphatic rings. The molecule has 1 aliphatic heterocycles. The smallest absolute Gasteiger partial charge is 0.270 e. The molecule has 5 heteroatoms. The van der Waals surface area contributed by atoms with E-state index in [9.17, 15) is 10.1 Å². The third kappa shape index (κ3) is 2.00. The lowest BCUT2D eigenvalue weighted by molar-refractivity contribution is -0.384. The molecule has 1 aromatic heterocycles. The average molecular weight is 261 g/mol. The number of ether oxygens (including phenoxy) is 1. The molecule has 5 nitrogen and oxygen atoms in total. The summed E-state index contributed by atoms with van der Waals surface area (Å²) in [5.41, 5.74) is 1.03. The highest BCUT2D eigenvalue weighted by molar-refractivity contribution is 5.82. The largest absolute Gasteiger partial charge is 0.355 e. The molecule has 3 unspecified atom stereocenters. The second kappa shape index (κ2) is 4.35. The fourth-order valence-corrected chi connectivity index (χ4v) is 2.56. The van der Waals surface area contributed by atoms with E-state index in [4.69, 9.17) is 6.11 Å². The minimum absolute atomic E-state index is 0.0319. The van der Waals surface area contributed by atoms with Gasteiger partial charge >= 0.3 is 0 Å². The highest BCUT2D eigenvalue weighted by Gasteiger charge is 2.30. The van der Waals surface area contributed by atoms with E-state index >= 15 is 0 Å². The van der Waals surface area contributed by atoms with Gasteiger partial charge in [0.05, 0.1) is 16.5 Å². The van der Waals surface area contributed by atoms with Gasteiger partial charge < -0.3 is 9.30 Å². The molecule has 0 spiro atoms. The first-order chi connectivity index (χ1) is 9.60. The van der Waals surface area contributed by atoms with E-state index in [1.165, 1.54) is 6.07 Å². The lowest BCUT2D eigenvalue weighted by Crippen LogP contribution is -2.09. The van der Waals surface area contributed by atoms with Crippen LogP contribution in [0.5, 0.6) is 0 Å². The zero-order valence-corrected chi connectivity index (χ0v) is 10.7. The first-order valence-electron chi connectivity index (χ1n) is 7.00. The van der Waals surface area contributed by atoms with Crippen molar-refractivity contribution < 1.29 is 11.0 Å². The Morgan fingerprint density at radius 2 is 2.37 bits per heavy atom. The van der Waals surface area contributed by atoms with E-state index in [1.54, 1.807) is 12.1 Å². The Balaban J connectivity index is 1.95. The number of nitro groups is 1. The fraction of sp³-hybridized carbons (Fsp3) is 0.429. The summed E-state index contributed by atoms with van der Waals surface area (Å²) in [6.45, 7) is 2.36. The molecule has 1 fully saturated rings. The van der Waals surface area contributed by atoms with Crippen molar-refractivity contribution in [2.75, 3.05) is 0 Å². The number of nitro benzene ring substituents is 1. The number of fused-ring (bicyclic) bond motifs is 1. The number of rotatable bonds is 2. The number of non-ortho nitro benzene ring substituents is 1. The average Bonchev–Trinajstić information content (AvgIpc) is 3.00. The third-order valence-electron chi connectivity index (χ3n) is 3.77. The van der Waals surface area contributed by atoms with Gasteiger partial charge in [0.15, 0.2) is 0 Å². The predicted octanol–water partition coefficient (Wildman–Crippen LogP) is 3.49. The van der Waals surface area contributed by atoms with Crippen molar-refractivity contribution in [1.29, 1.82) is 0 Å². The minimum atomic E-state index is -0.388. The molecule has 0 bridgehead atoms. The topological polar surface area (TPSA) is 57.3 Å². The molecule has 0 saturated carbocycles. The molecule has 1 aromatic carbocycles. The molecular formula is C14H16N2O3. The second-order valence-electron chi connectivity index (χ2n) is 5.07. The maximum Gasteiger partial charge on any atom is 0.270 e. The van der Waals surface area contributed by atoms with E-state index in [0.717, 1.165) is 17.3 Å². The molecule has 0 N–H and O–H groups in total. The van der Waals surface area contributed by atoms with Crippen LogP contribution in [-0.4, -0.2) is 15.6 Å². The Kier molecular flexibility index (Phi) is 2.51. The van der Waals surface area contributed by atoms with Crippen LogP contribution in [-0.2, 0) is 4.74 Å². The quantitative estimate of drug-likeness (QED) is 0.614. The highest BCUT2D eigenvalue weighted by atomic mass is 16.6. The third-order valence-corrected chi connectivity index (χ3v) is 3.77. The molecule has 0 aliphatic carbocycles. The molecule has 100 valence electrons. The summed E-state index contributed by atoms with van der Waals surface area (Å²) in [7, 11) is 0. The summed E-state index contributed by atoms with van der Waals surface area (Å²) in [6, 6.07) is 6.71. The summed E-state index contributed by atoms with van der Waals surface area (Å²) >= 11 is 0. The first-order valence-corrected chi connectivity index (χ1v) is 6.30. The minimum Gasteiger partial charge on any atom is -0.355 e. The lowest BCUT2D eigenvalue weighted by atomic mass is 10.1. The first kappa shape index (κ1) is 11.0. The van der Waals surface area contributed by atoms with Gasteiger partial charge in [-0.3, -0.25) is 10.1 Å². The van der Waals surface area contributed by atoms with Gasteiger partial charge in [-0.05, 0) is 31.4 Å². The second-order valence-corrected chi connectivity index (χ2v) is 5.07. The van der Waals surface area contributed by atoms with E-state index < -0.39 is 0 Å². The van der Waals surface area contributed by atoms with Gasteiger partial charge in [-0.1, -0.05) is 6.92 Å². The summed E-state index contributed by atoms with van der Waals surface area (Å²) in [5.74, 6) is 0.355. The van der Waals surface area contributed by atoms with Crippen LogP contribution >= 0.6 is 0 Å². The molecule has 19 heavy (non-hydrogen) atoms. The molecule has 0 amide bonds. The summed E-state index contributed by atoms with van der Waals surface area (Å²) < 4.78 is 15.4. The van der Waals surface area contributed by atoms with Gasteiger partial charge in [0.1, 0.15) is 6.23 Å². The van der Waals surface area contributed by atoms with Gasteiger partial charge in [0, 0.05) is 25.1 Å². The van der Waals surface area contributed by atoms with Crippen molar-refractivity contribution in [3.63, 3.8) is 0 Å². The van der Waals surface area contributed by atoms with Crippen LogP contribution in [0.15, 0.2) is 30.5 Å². The van der Waals surface area contributed by atoms with E-state index in [-0.39, 0.29) is 29.8 Å². The Morgan fingerprint density at radius 1 is 1.53 bits per heavy atom. The van der Waals surface area contributed by atoms with Crippen molar-refractivity contribution in [2.24, 2.45) is 5.92 Å². The van der Waals surface area contributed by atoms with Crippen LogP contribution < -0.4 is 0 Å². The predicted molar refractivity (Wildman–Crippen MR) is 72.0 cm³/mol. The van der Waals surface area contributed by atoms with Gasteiger partial charge in [-0.15, -0.1) is 0 Å². The maximum absolute atomic E-state index is 10.8. The number of hydrogen-bond acceptors (Lipinski definition) is 3. The number of benzene rings is 1. The highest BCUT2D eigenvalue weighted by Crippen LogP contribution is 2.35. The number of aromatic nitrogens is 1. The van der Waals surface area contributed by atoms with Crippen LogP contribution in [0.1, 0.15) is 27.8 Å². The standard InChI is InChI=1S/C14H16N2O3/c1-9-7-14(19-10(9)2)15-6-5-11-8-12(16(17)18)3-4-13(11)15/h3-6,8-10,14H,7H2,1-2H3/i2D. The molecule has 1 saturated heterocycles. The zero-order valence-electron chi connectivity index (χ0n) is 11.7. The SMILES string of the molecule is [2H]CC1OC(n2ccc3cc([N+](=O)[O-])ccc32)CC1C. The molecule has 2 aromatic rings. The van der Waals surface area contributed by atoms with Crippen LogP contribution in [0.25, 0.3) is 10.9 Å². The zero-order chi connectivity index (χ0) is 14.3. The van der Waals surface area contributed by atoms with Gasteiger partial charge in [-0.25, -0.2) is 0 Å². The van der Waals surface area contributed by atoms with Gasteiger partial charge in [-0.2, -0.15) is 0 Å². The van der Waals surface area contributed by atoms with Crippen LogP contribution in [0.3, 0.4) is 0 Å². The molecule has 0 radical (unpaired) electrons. The van der Waals surface area contributed by atoms with Gasteiger partial charge in [0.25, 0.3) is 5.69 Å². The fourth-order valence-electron chi connectivity index (χ4n) is 2.56. The number of nitrogens with zero attached hydrogens (tertiary/aromatic N) is 2. The van der Waals surface area contributed by atoms with Crippen molar-refractivity contribution in [2.45, 2.75) is 32.6 Å². The normalized spacial score (nSPS) is 27.6. The van der Waals surface area contributed by atoms with Crippen molar-refractivity contribution in [3.05, 3.63) is 40.6 Å². The summed E-state index contributed by atoms with van der Waals surface area (Å²) in [4.78, 5) is 10.4. The van der Waals surface area contributed by atoms with Crippen molar-refractivity contribution in [3.8, 4) is 0 Å². The van der Waals surface area contributed by atoms with Gasteiger partial charge in [0.2, 0.25) is 0 Å². The van der Waals surface area contributed by atoms with Crippen LogP contribution in [0.2, 0.25) is 0 Å². The maximum atomic E-state index is 10.8. The lowest BCUT2D eigenvalue weighted by Gasteiger charge is -2.14. The summed E-state index contributed by atoms with van der Waals surface area (Å²) in [6.07, 6.45) is 2.65. The Bertz CT molecular complexity index is 655. The summed E-state index contributed by atoms with van der Waals surface area (Å²) in [5, 5.41) is 11.6. The molecular weight excluding hydrogens is 244 g/mol. The van der Waals surface area contributed by atoms with Crippen molar-refractivity contribution in [1.82, 2.24) is 4.57 Å². The van der Waals surface area contributed by atoms with E-state index in [0.29, 0.717) is 5.92 Å². The Morgan fingerprint density at radius 3 is 3.05 bits per heavy atom. The molecule has 2 heterocycles. The number of hydrogen-bond donors (Lipinski definition) is 0. The van der Waals surface area contributed by atoms with E-state index in [1.807, 2.05) is 16.8 Å². The molecule has 3 atom stereocenters. The van der Waals surface area contributed by atoms with E-state index in [2.05, 4.69) is 6.92 Å². The monoisotopic (exact) mass is 261 g/mol.